The molecule has 7 heteroatoms. The van der Waals surface area contributed by atoms with E-state index in [9.17, 15) is 0 Å². The Morgan fingerprint density at radius 3 is 2.62 bits per heavy atom. The van der Waals surface area contributed by atoms with Gasteiger partial charge in [-0.05, 0) is 42.7 Å². The standard InChI is InChI=1S/C17H17N3O3S/c1-21-14-8-7-11(9-15(14)22-2)16-19-17(23-20-16)18-12-5-4-6-13(10-12)24-3/h4-10H,1-3H3,(H,18,19,20). The third-order valence-corrected chi connectivity index (χ3v) is 4.11. The molecule has 0 saturated heterocycles. The lowest BCUT2D eigenvalue weighted by molar-refractivity contribution is 0.355. The SMILES string of the molecule is COc1ccc(-c2noc(Nc3cccc(SC)c3)n2)cc1OC. The summed E-state index contributed by atoms with van der Waals surface area (Å²) in [6.45, 7) is 0. The Morgan fingerprint density at radius 2 is 1.88 bits per heavy atom. The maximum atomic E-state index is 5.30. The Kier molecular flexibility index (Phi) is 4.90. The summed E-state index contributed by atoms with van der Waals surface area (Å²) >= 11 is 1.67. The summed E-state index contributed by atoms with van der Waals surface area (Å²) in [4.78, 5) is 5.52. The van der Waals surface area contributed by atoms with Crippen LogP contribution in [-0.4, -0.2) is 30.6 Å². The number of thioether (sulfide) groups is 1. The van der Waals surface area contributed by atoms with Crippen LogP contribution >= 0.6 is 11.8 Å². The quantitative estimate of drug-likeness (QED) is 0.672. The molecule has 24 heavy (non-hydrogen) atoms. The maximum absolute atomic E-state index is 5.30. The molecular weight excluding hydrogens is 326 g/mol. The van der Waals surface area contributed by atoms with Crippen molar-refractivity contribution in [3.8, 4) is 22.9 Å². The van der Waals surface area contributed by atoms with E-state index in [2.05, 4.69) is 15.5 Å². The van der Waals surface area contributed by atoms with Gasteiger partial charge in [0, 0.05) is 16.1 Å². The molecule has 3 rings (SSSR count). The second-order valence-corrected chi connectivity index (χ2v) is 5.73. The average Bonchev–Trinajstić information content (AvgIpc) is 3.09. The summed E-state index contributed by atoms with van der Waals surface area (Å²) in [5, 5.41) is 7.12. The van der Waals surface area contributed by atoms with Crippen molar-refractivity contribution in [2.45, 2.75) is 4.90 Å². The smallest absolute Gasteiger partial charge is 0.326 e. The van der Waals surface area contributed by atoms with Crippen LogP contribution in [0.25, 0.3) is 11.4 Å². The number of benzene rings is 2. The van der Waals surface area contributed by atoms with Gasteiger partial charge in [0.2, 0.25) is 5.82 Å². The van der Waals surface area contributed by atoms with Crippen molar-refractivity contribution in [2.75, 3.05) is 25.8 Å². The van der Waals surface area contributed by atoms with Gasteiger partial charge in [0.15, 0.2) is 11.5 Å². The maximum Gasteiger partial charge on any atom is 0.326 e. The molecular formula is C17H17N3O3S. The number of methoxy groups -OCH3 is 2. The largest absolute Gasteiger partial charge is 0.493 e. The summed E-state index contributed by atoms with van der Waals surface area (Å²) < 4.78 is 15.8. The number of nitrogens with one attached hydrogen (secondary N) is 1. The highest BCUT2D eigenvalue weighted by Gasteiger charge is 2.12. The summed E-state index contributed by atoms with van der Waals surface area (Å²) in [7, 11) is 3.18. The van der Waals surface area contributed by atoms with Crippen LogP contribution in [0.4, 0.5) is 11.7 Å². The second kappa shape index (κ2) is 7.27. The highest BCUT2D eigenvalue weighted by Crippen LogP contribution is 2.31. The first-order valence-corrected chi connectivity index (χ1v) is 8.43. The summed E-state index contributed by atoms with van der Waals surface area (Å²) in [6, 6.07) is 13.8. The first-order valence-electron chi connectivity index (χ1n) is 7.20. The molecule has 6 nitrogen and oxygen atoms in total. The summed E-state index contributed by atoms with van der Waals surface area (Å²) in [6.07, 6.45) is 2.03. The van der Waals surface area contributed by atoms with Crippen molar-refractivity contribution in [1.82, 2.24) is 10.1 Å². The zero-order valence-electron chi connectivity index (χ0n) is 13.6. The predicted molar refractivity (Wildman–Crippen MR) is 94.3 cm³/mol. The Labute approximate surface area is 144 Å². The van der Waals surface area contributed by atoms with Crippen molar-refractivity contribution in [2.24, 2.45) is 0 Å². The molecule has 0 fully saturated rings. The van der Waals surface area contributed by atoms with Gasteiger partial charge in [0.1, 0.15) is 0 Å². The van der Waals surface area contributed by atoms with Crippen molar-refractivity contribution in [3.63, 3.8) is 0 Å². The number of anilines is 2. The van der Waals surface area contributed by atoms with E-state index in [1.807, 2.05) is 42.7 Å². The van der Waals surface area contributed by atoms with Gasteiger partial charge in [-0.15, -0.1) is 11.8 Å². The van der Waals surface area contributed by atoms with Gasteiger partial charge in [-0.25, -0.2) is 0 Å². The van der Waals surface area contributed by atoms with Crippen LogP contribution in [0.15, 0.2) is 51.9 Å². The fourth-order valence-corrected chi connectivity index (χ4v) is 2.65. The number of rotatable bonds is 6. The average molecular weight is 343 g/mol. The molecule has 3 aromatic rings. The number of hydrogen-bond donors (Lipinski definition) is 1. The number of nitrogens with zero attached hydrogens (tertiary/aromatic N) is 2. The van der Waals surface area contributed by atoms with Crippen LogP contribution in [-0.2, 0) is 0 Å². The predicted octanol–water partition coefficient (Wildman–Crippen LogP) is 4.22. The number of aromatic nitrogens is 2. The van der Waals surface area contributed by atoms with Gasteiger partial charge in [0.05, 0.1) is 14.2 Å². The van der Waals surface area contributed by atoms with Crippen LogP contribution in [0, 0.1) is 0 Å². The first kappa shape index (κ1) is 16.2. The lowest BCUT2D eigenvalue weighted by Crippen LogP contribution is -1.92. The molecule has 1 heterocycles. The third-order valence-electron chi connectivity index (χ3n) is 3.39. The molecule has 0 spiro atoms. The van der Waals surface area contributed by atoms with Gasteiger partial charge < -0.3 is 19.3 Å². The molecule has 0 unspecified atom stereocenters. The lowest BCUT2D eigenvalue weighted by Gasteiger charge is -2.07. The van der Waals surface area contributed by atoms with E-state index in [4.69, 9.17) is 14.0 Å². The third kappa shape index (κ3) is 3.46. The molecule has 0 radical (unpaired) electrons. The molecule has 0 aliphatic carbocycles. The van der Waals surface area contributed by atoms with Crippen LogP contribution in [0.2, 0.25) is 0 Å². The zero-order chi connectivity index (χ0) is 16.9. The monoisotopic (exact) mass is 343 g/mol. The molecule has 0 aliphatic heterocycles. The van der Waals surface area contributed by atoms with Crippen molar-refractivity contribution in [1.29, 1.82) is 0 Å². The van der Waals surface area contributed by atoms with Crippen molar-refractivity contribution >= 4 is 23.5 Å². The Hall–Kier alpha value is -2.67. The van der Waals surface area contributed by atoms with E-state index in [0.717, 1.165) is 16.1 Å². The van der Waals surface area contributed by atoms with Gasteiger partial charge >= 0.3 is 6.01 Å². The summed E-state index contributed by atoms with van der Waals surface area (Å²) in [5.41, 5.74) is 1.67. The molecule has 2 aromatic carbocycles. The van der Waals surface area contributed by atoms with Gasteiger partial charge in [0.25, 0.3) is 0 Å². The van der Waals surface area contributed by atoms with E-state index in [1.54, 1.807) is 32.0 Å². The highest BCUT2D eigenvalue weighted by molar-refractivity contribution is 7.98. The molecule has 0 amide bonds. The Morgan fingerprint density at radius 1 is 1.04 bits per heavy atom. The Balaban J connectivity index is 1.82. The van der Waals surface area contributed by atoms with E-state index in [1.165, 1.54) is 0 Å². The number of ether oxygens (including phenoxy) is 2. The topological polar surface area (TPSA) is 69.4 Å². The molecule has 124 valence electrons. The lowest BCUT2D eigenvalue weighted by atomic mass is 10.2. The fraction of sp³-hybridized carbons (Fsp3) is 0.176. The van der Waals surface area contributed by atoms with E-state index in [-0.39, 0.29) is 0 Å². The van der Waals surface area contributed by atoms with Crippen LogP contribution < -0.4 is 14.8 Å². The van der Waals surface area contributed by atoms with E-state index >= 15 is 0 Å². The van der Waals surface area contributed by atoms with Gasteiger partial charge in [-0.1, -0.05) is 11.2 Å². The minimum atomic E-state index is 0.332. The fourth-order valence-electron chi connectivity index (χ4n) is 2.19. The van der Waals surface area contributed by atoms with Crippen LogP contribution in [0.3, 0.4) is 0 Å². The molecule has 0 atom stereocenters. The highest BCUT2D eigenvalue weighted by atomic mass is 32.2. The first-order chi connectivity index (χ1) is 11.7. The van der Waals surface area contributed by atoms with Crippen LogP contribution in [0.5, 0.6) is 11.5 Å². The van der Waals surface area contributed by atoms with Gasteiger partial charge in [-0.2, -0.15) is 4.98 Å². The summed E-state index contributed by atoms with van der Waals surface area (Å²) in [5.74, 6) is 1.73. The van der Waals surface area contributed by atoms with Gasteiger partial charge in [-0.3, -0.25) is 0 Å². The second-order valence-electron chi connectivity index (χ2n) is 4.85. The zero-order valence-corrected chi connectivity index (χ0v) is 14.4. The molecule has 1 N–H and O–H groups in total. The molecule has 0 aliphatic rings. The van der Waals surface area contributed by atoms with Crippen molar-refractivity contribution < 1.29 is 14.0 Å². The van der Waals surface area contributed by atoms with Crippen LogP contribution in [0.1, 0.15) is 0 Å². The molecule has 0 saturated carbocycles. The minimum absolute atomic E-state index is 0.332. The van der Waals surface area contributed by atoms with E-state index in [0.29, 0.717) is 23.3 Å². The molecule has 1 aromatic heterocycles. The number of hydrogen-bond acceptors (Lipinski definition) is 7. The van der Waals surface area contributed by atoms with E-state index < -0.39 is 0 Å². The van der Waals surface area contributed by atoms with Crippen molar-refractivity contribution in [3.05, 3.63) is 42.5 Å². The molecule has 0 bridgehead atoms. The minimum Gasteiger partial charge on any atom is -0.493 e. The normalized spacial score (nSPS) is 10.5. The Bertz CT molecular complexity index is 835.